The minimum absolute atomic E-state index is 0.0887. The van der Waals surface area contributed by atoms with Crippen molar-refractivity contribution in [2.75, 3.05) is 0 Å². The molecule has 3 heteroatoms. The third-order valence-electron chi connectivity index (χ3n) is 3.04. The van der Waals surface area contributed by atoms with Crippen LogP contribution >= 0.6 is 0 Å². The van der Waals surface area contributed by atoms with Crippen molar-refractivity contribution in [3.63, 3.8) is 0 Å². The van der Waals surface area contributed by atoms with E-state index in [9.17, 15) is 4.79 Å². The van der Waals surface area contributed by atoms with Gasteiger partial charge in [0.05, 0.1) is 17.2 Å². The number of nitrogens with zero attached hydrogens (tertiary/aromatic N) is 1. The van der Waals surface area contributed by atoms with Gasteiger partial charge in [-0.15, -0.1) is 0 Å². The first kappa shape index (κ1) is 13.8. The number of hydrogen-bond donors (Lipinski definition) is 0. The van der Waals surface area contributed by atoms with Crippen molar-refractivity contribution in [1.29, 1.82) is 5.26 Å². The van der Waals surface area contributed by atoms with Crippen molar-refractivity contribution in [2.24, 2.45) is 0 Å². The molecule has 0 amide bonds. The average molecular weight is 265 g/mol. The maximum atomic E-state index is 11.6. The number of ether oxygens (including phenoxy) is 1. The molecule has 0 heterocycles. The van der Waals surface area contributed by atoms with Gasteiger partial charge in [-0.2, -0.15) is 5.26 Å². The van der Waals surface area contributed by atoms with Crippen LogP contribution in [0.3, 0.4) is 0 Å². The molecule has 0 bridgehead atoms. The van der Waals surface area contributed by atoms with E-state index in [2.05, 4.69) is 6.07 Å². The largest absolute Gasteiger partial charge is 0.456 e. The topological polar surface area (TPSA) is 50.1 Å². The van der Waals surface area contributed by atoms with Crippen LogP contribution in [0.5, 0.6) is 11.5 Å². The fourth-order valence-electron chi connectivity index (χ4n) is 2.00. The summed E-state index contributed by atoms with van der Waals surface area (Å²) in [5, 5.41) is 8.96. The molecule has 0 fully saturated rings. The van der Waals surface area contributed by atoms with Crippen molar-refractivity contribution in [1.82, 2.24) is 0 Å². The van der Waals surface area contributed by atoms with Gasteiger partial charge in [0.1, 0.15) is 11.5 Å². The molecule has 0 aliphatic rings. The molecule has 0 aromatic heterocycles. The van der Waals surface area contributed by atoms with E-state index in [0.29, 0.717) is 22.6 Å². The number of ketones is 1. The van der Waals surface area contributed by atoms with Gasteiger partial charge in [-0.05, 0) is 50.6 Å². The second-order valence-corrected chi connectivity index (χ2v) is 4.75. The molecule has 0 saturated heterocycles. The second-order valence-electron chi connectivity index (χ2n) is 4.75. The van der Waals surface area contributed by atoms with Crippen molar-refractivity contribution in [2.45, 2.75) is 20.8 Å². The van der Waals surface area contributed by atoms with Crippen molar-refractivity contribution >= 4 is 5.78 Å². The van der Waals surface area contributed by atoms with Crippen LogP contribution < -0.4 is 4.74 Å². The molecule has 2 aromatic rings. The van der Waals surface area contributed by atoms with Crippen LogP contribution in [0.2, 0.25) is 0 Å². The summed E-state index contributed by atoms with van der Waals surface area (Å²) in [5.41, 5.74) is 3.08. The highest BCUT2D eigenvalue weighted by Gasteiger charge is 2.11. The van der Waals surface area contributed by atoms with Gasteiger partial charge >= 0.3 is 0 Å². The molecule has 0 aliphatic heterocycles. The summed E-state index contributed by atoms with van der Waals surface area (Å²) in [5.74, 6) is 1.02. The monoisotopic (exact) mass is 265 g/mol. The van der Waals surface area contributed by atoms with Crippen molar-refractivity contribution in [3.05, 3.63) is 58.7 Å². The van der Waals surface area contributed by atoms with Crippen molar-refractivity contribution < 1.29 is 9.53 Å². The highest BCUT2D eigenvalue weighted by Crippen LogP contribution is 2.29. The van der Waals surface area contributed by atoms with Gasteiger partial charge < -0.3 is 4.74 Å². The molecule has 0 N–H and O–H groups in total. The fourth-order valence-corrected chi connectivity index (χ4v) is 2.00. The van der Waals surface area contributed by atoms with E-state index >= 15 is 0 Å². The van der Waals surface area contributed by atoms with E-state index in [4.69, 9.17) is 10.00 Å². The van der Waals surface area contributed by atoms with Crippen LogP contribution in [-0.2, 0) is 0 Å². The molecular formula is C17H15NO2. The molecule has 0 atom stereocenters. The van der Waals surface area contributed by atoms with E-state index in [1.165, 1.54) is 6.92 Å². The molecular weight excluding hydrogens is 250 g/mol. The maximum Gasteiger partial charge on any atom is 0.163 e. The average Bonchev–Trinajstić information content (AvgIpc) is 2.41. The van der Waals surface area contributed by atoms with Crippen LogP contribution in [0, 0.1) is 25.2 Å². The zero-order valence-corrected chi connectivity index (χ0v) is 11.7. The number of Topliss-reactive ketones (excluding diaryl/α,β-unsaturated/α-hetero) is 1. The highest BCUT2D eigenvalue weighted by molar-refractivity contribution is 5.97. The molecule has 0 spiro atoms. The summed E-state index contributed by atoms with van der Waals surface area (Å²) in [7, 11) is 0. The van der Waals surface area contributed by atoms with E-state index in [1.54, 1.807) is 18.2 Å². The predicted molar refractivity (Wildman–Crippen MR) is 77.2 cm³/mol. The number of benzene rings is 2. The lowest BCUT2D eigenvalue weighted by Gasteiger charge is -2.12. The third-order valence-corrected chi connectivity index (χ3v) is 3.04. The molecule has 0 radical (unpaired) electrons. The number of nitriles is 1. The Kier molecular flexibility index (Phi) is 3.86. The van der Waals surface area contributed by atoms with Gasteiger partial charge in [0.25, 0.3) is 0 Å². The predicted octanol–water partition coefficient (Wildman–Crippen LogP) is 4.17. The Labute approximate surface area is 118 Å². The third kappa shape index (κ3) is 2.86. The van der Waals surface area contributed by atoms with Gasteiger partial charge in [-0.25, -0.2) is 0 Å². The van der Waals surface area contributed by atoms with Gasteiger partial charge in [0.15, 0.2) is 5.78 Å². The van der Waals surface area contributed by atoms with Crippen LogP contribution in [0.1, 0.15) is 34.0 Å². The highest BCUT2D eigenvalue weighted by atomic mass is 16.5. The Hall–Kier alpha value is -2.60. The van der Waals surface area contributed by atoms with Crippen molar-refractivity contribution in [3.8, 4) is 17.6 Å². The number of carbonyl (C=O) groups excluding carboxylic acids is 1. The number of hydrogen-bond acceptors (Lipinski definition) is 3. The number of aryl methyl sites for hydroxylation is 2. The Morgan fingerprint density at radius 3 is 2.45 bits per heavy atom. The van der Waals surface area contributed by atoms with Gasteiger partial charge in [0, 0.05) is 0 Å². The minimum Gasteiger partial charge on any atom is -0.456 e. The molecule has 0 aliphatic carbocycles. The molecule has 2 aromatic carbocycles. The van der Waals surface area contributed by atoms with Crippen LogP contribution in [0.4, 0.5) is 0 Å². The Bertz CT molecular complexity index is 711. The summed E-state index contributed by atoms with van der Waals surface area (Å²) < 4.78 is 5.83. The first-order valence-corrected chi connectivity index (χ1v) is 6.31. The normalized spacial score (nSPS) is 9.90. The van der Waals surface area contributed by atoms with Gasteiger partial charge in [-0.3, -0.25) is 4.79 Å². The number of carbonyl (C=O) groups is 1. The first-order chi connectivity index (χ1) is 9.51. The van der Waals surface area contributed by atoms with E-state index in [1.807, 2.05) is 32.0 Å². The SMILES string of the molecule is CC(=O)c1ccc(C#N)cc1Oc1ccc(C)cc1C. The van der Waals surface area contributed by atoms with E-state index in [-0.39, 0.29) is 5.78 Å². The Morgan fingerprint density at radius 1 is 1.10 bits per heavy atom. The van der Waals surface area contributed by atoms with E-state index in [0.717, 1.165) is 11.1 Å². The molecule has 3 nitrogen and oxygen atoms in total. The first-order valence-electron chi connectivity index (χ1n) is 6.31. The summed E-state index contributed by atoms with van der Waals surface area (Å²) in [4.78, 5) is 11.6. The summed E-state index contributed by atoms with van der Waals surface area (Å²) in [6.07, 6.45) is 0. The zero-order chi connectivity index (χ0) is 14.7. The fraction of sp³-hybridized carbons (Fsp3) is 0.176. The molecule has 20 heavy (non-hydrogen) atoms. The molecule has 0 unspecified atom stereocenters. The van der Waals surface area contributed by atoms with Crippen LogP contribution in [-0.4, -0.2) is 5.78 Å². The lowest BCUT2D eigenvalue weighted by atomic mass is 10.1. The molecule has 2 rings (SSSR count). The van der Waals surface area contributed by atoms with Gasteiger partial charge in [-0.1, -0.05) is 17.7 Å². The molecule has 0 saturated carbocycles. The Balaban J connectivity index is 2.46. The molecule has 100 valence electrons. The maximum absolute atomic E-state index is 11.6. The number of rotatable bonds is 3. The standard InChI is InChI=1S/C17H15NO2/c1-11-4-7-16(12(2)8-11)20-17-9-14(10-18)5-6-15(17)13(3)19/h4-9H,1-3H3. The quantitative estimate of drug-likeness (QED) is 0.782. The smallest absolute Gasteiger partial charge is 0.163 e. The second kappa shape index (κ2) is 5.58. The Morgan fingerprint density at radius 2 is 1.85 bits per heavy atom. The van der Waals surface area contributed by atoms with Crippen LogP contribution in [0.15, 0.2) is 36.4 Å². The lowest BCUT2D eigenvalue weighted by molar-refractivity contribution is 0.101. The summed E-state index contributed by atoms with van der Waals surface area (Å²) in [6.45, 7) is 5.44. The van der Waals surface area contributed by atoms with Crippen LogP contribution in [0.25, 0.3) is 0 Å². The zero-order valence-electron chi connectivity index (χ0n) is 11.7. The summed E-state index contributed by atoms with van der Waals surface area (Å²) >= 11 is 0. The van der Waals surface area contributed by atoms with E-state index < -0.39 is 0 Å². The summed E-state index contributed by atoms with van der Waals surface area (Å²) in [6, 6.07) is 12.7. The van der Waals surface area contributed by atoms with Gasteiger partial charge in [0.2, 0.25) is 0 Å². The minimum atomic E-state index is -0.0887. The lowest BCUT2D eigenvalue weighted by Crippen LogP contribution is -1.98.